The van der Waals surface area contributed by atoms with E-state index in [9.17, 15) is 52.4 Å². The number of halogens is 1. The Morgan fingerprint density at radius 3 is 2.14 bits per heavy atom. The number of azo groups is 1. The topological polar surface area (TPSA) is 326 Å². The number of rotatable bonds is 15. The third kappa shape index (κ3) is 10.3. The monoisotopic (exact) mass is 891 g/mol. The van der Waals surface area contributed by atoms with E-state index in [4.69, 9.17) is 16.2 Å². The quantitative estimate of drug-likeness (QED) is 0.0363. The van der Waals surface area contributed by atoms with Crippen LogP contribution in [0.15, 0.2) is 91.6 Å². The van der Waals surface area contributed by atoms with E-state index >= 15 is 0 Å². The Morgan fingerprint density at radius 2 is 1.50 bits per heavy atom. The maximum Gasteiger partial charge on any atom is 0.397 e. The predicted molar refractivity (Wildman–Crippen MR) is 203 cm³/mol. The summed E-state index contributed by atoms with van der Waals surface area (Å²) in [7, 11) is -20.1. The van der Waals surface area contributed by atoms with E-state index in [1.165, 1.54) is 12.1 Å². The number of phenolic OH excluding ortho intramolecular Hbond substituents is 1. The second-order valence-corrected chi connectivity index (χ2v) is 18.0. The van der Waals surface area contributed by atoms with Crippen molar-refractivity contribution in [1.29, 1.82) is 0 Å². The molecule has 5 rings (SSSR count). The summed E-state index contributed by atoms with van der Waals surface area (Å²) >= 11 is 6.23. The number of hydrogen-bond acceptors (Lipinski definition) is 17. The SMILES string of the molecule is CCN(c1cccc(PCCOS(=O)(=O)O)c1)c1nc(Cl)nc(Nc2ccc3c(O)c(N=Nc4ccccc4S(=O)(=O)O)c(S(=O)(=O)O)cc3c2S(=O)(=O)O)n1. The zero-order valence-corrected chi connectivity index (χ0v) is 33.1. The first-order valence-corrected chi connectivity index (χ1v) is 22.5. The summed E-state index contributed by atoms with van der Waals surface area (Å²) in [4.78, 5) is 11.1. The maximum absolute atomic E-state index is 12.9. The van der Waals surface area contributed by atoms with Crippen LogP contribution < -0.4 is 15.5 Å². The van der Waals surface area contributed by atoms with Gasteiger partial charge in [-0.2, -0.15) is 48.6 Å². The van der Waals surface area contributed by atoms with Gasteiger partial charge in [0.15, 0.2) is 5.75 Å². The van der Waals surface area contributed by atoms with E-state index in [1.54, 1.807) is 36.1 Å². The number of aromatic nitrogens is 3. The summed E-state index contributed by atoms with van der Waals surface area (Å²) in [6, 6.07) is 14.2. The molecule has 27 heteroatoms. The van der Waals surface area contributed by atoms with Gasteiger partial charge in [-0.3, -0.25) is 18.2 Å². The van der Waals surface area contributed by atoms with Gasteiger partial charge < -0.3 is 15.3 Å². The summed E-state index contributed by atoms with van der Waals surface area (Å²) in [5.74, 6) is -1.49. The number of hydrogen-bond donors (Lipinski definition) is 6. The fourth-order valence-electron chi connectivity index (χ4n) is 5.13. The highest BCUT2D eigenvalue weighted by Gasteiger charge is 2.28. The summed E-state index contributed by atoms with van der Waals surface area (Å²) in [5, 5.41) is 20.3. The maximum atomic E-state index is 12.9. The van der Waals surface area contributed by atoms with Crippen LogP contribution in [0, 0.1) is 0 Å². The minimum Gasteiger partial charge on any atom is -0.505 e. The molecular weight excluding hydrogens is 865 g/mol. The van der Waals surface area contributed by atoms with Gasteiger partial charge in [-0.25, -0.2) is 4.18 Å². The average Bonchev–Trinajstić information content (AvgIpc) is 3.08. The van der Waals surface area contributed by atoms with Crippen LogP contribution in [0.4, 0.5) is 34.6 Å². The van der Waals surface area contributed by atoms with E-state index < -0.39 is 89.0 Å². The molecule has 0 radical (unpaired) electrons. The lowest BCUT2D eigenvalue weighted by Gasteiger charge is -2.22. The lowest BCUT2D eigenvalue weighted by Crippen LogP contribution is -2.21. The predicted octanol–water partition coefficient (Wildman–Crippen LogP) is 4.56. The molecule has 0 aliphatic carbocycles. The molecule has 0 saturated heterocycles. The molecule has 1 aromatic heterocycles. The fraction of sp³-hybridized carbons (Fsp3) is 0.138. The molecule has 21 nitrogen and oxygen atoms in total. The largest absolute Gasteiger partial charge is 0.505 e. The molecule has 0 saturated carbocycles. The molecule has 6 N–H and O–H groups in total. The first-order chi connectivity index (χ1) is 26.1. The van der Waals surface area contributed by atoms with Crippen molar-refractivity contribution in [2.24, 2.45) is 10.2 Å². The van der Waals surface area contributed by atoms with Gasteiger partial charge in [0.25, 0.3) is 30.4 Å². The molecule has 1 atom stereocenters. The van der Waals surface area contributed by atoms with E-state index in [0.717, 1.165) is 29.6 Å². The number of anilines is 4. The van der Waals surface area contributed by atoms with Crippen LogP contribution in [-0.2, 0) is 44.9 Å². The molecule has 0 spiro atoms. The van der Waals surface area contributed by atoms with Gasteiger partial charge in [-0.15, -0.1) is 10.2 Å². The van der Waals surface area contributed by atoms with Gasteiger partial charge in [-0.05, 0) is 72.5 Å². The average molecular weight is 892 g/mol. The molecule has 0 bridgehead atoms. The van der Waals surface area contributed by atoms with Crippen molar-refractivity contribution in [3.8, 4) is 5.75 Å². The van der Waals surface area contributed by atoms with E-state index in [1.807, 2.05) is 0 Å². The van der Waals surface area contributed by atoms with Crippen LogP contribution in [-0.4, -0.2) is 91.3 Å². The van der Waals surface area contributed by atoms with Crippen molar-refractivity contribution < 1.29 is 61.2 Å². The number of fused-ring (bicyclic) bond motifs is 1. The normalized spacial score (nSPS) is 12.9. The number of aromatic hydroxyl groups is 1. The van der Waals surface area contributed by atoms with E-state index in [2.05, 4.69) is 34.7 Å². The zero-order chi connectivity index (χ0) is 41.2. The van der Waals surface area contributed by atoms with Crippen LogP contribution in [0.25, 0.3) is 10.8 Å². The second kappa shape index (κ2) is 16.5. The molecule has 56 heavy (non-hydrogen) atoms. The molecule has 1 heterocycles. The number of benzene rings is 4. The van der Waals surface area contributed by atoms with Crippen molar-refractivity contribution in [2.75, 3.05) is 29.5 Å². The van der Waals surface area contributed by atoms with Crippen molar-refractivity contribution in [3.05, 3.63) is 72.0 Å². The molecule has 4 aromatic carbocycles. The van der Waals surface area contributed by atoms with Gasteiger partial charge in [0, 0.05) is 23.0 Å². The van der Waals surface area contributed by atoms with Crippen molar-refractivity contribution in [1.82, 2.24) is 15.0 Å². The molecule has 298 valence electrons. The van der Waals surface area contributed by atoms with Crippen LogP contribution in [0.3, 0.4) is 0 Å². The molecule has 5 aromatic rings. The minimum atomic E-state index is -5.36. The summed E-state index contributed by atoms with van der Waals surface area (Å²) in [6.45, 7) is 1.75. The van der Waals surface area contributed by atoms with Crippen molar-refractivity contribution in [3.63, 3.8) is 0 Å². The van der Waals surface area contributed by atoms with Gasteiger partial charge >= 0.3 is 10.4 Å². The van der Waals surface area contributed by atoms with Gasteiger partial charge in [0.1, 0.15) is 26.1 Å². The zero-order valence-electron chi connectivity index (χ0n) is 28.1. The first-order valence-electron chi connectivity index (χ1n) is 15.2. The number of nitrogens with one attached hydrogen (secondary N) is 1. The smallest absolute Gasteiger partial charge is 0.397 e. The fourth-order valence-corrected chi connectivity index (χ4v) is 8.80. The standard InChI is InChI=1S/C29H27ClN7O14PS4/c1-2-37(16-6-5-7-17(14-16)52-13-12-51-56(48,49)50)29-33-27(30)32-28(34-29)31-21-11-10-18-19(26(21)55(45,46)47)15-23(54(42,43)44)24(25(18)38)36-35-20-8-3-4-9-22(20)53(39,40)41/h3-11,14-15,38,52H,2,12-13H2,1H3,(H,39,40,41)(H,42,43,44)(H,45,46,47)(H,48,49,50)(H,31,32,33,34). The Bertz CT molecular complexity index is 2830. The van der Waals surface area contributed by atoms with Crippen molar-refractivity contribution >= 4 is 112 Å². The minimum absolute atomic E-state index is 0.0451. The molecule has 0 aliphatic heterocycles. The molecule has 0 fully saturated rings. The van der Waals surface area contributed by atoms with E-state index in [-0.39, 0.29) is 45.1 Å². The van der Waals surface area contributed by atoms with Crippen LogP contribution >= 0.6 is 20.2 Å². The summed E-state index contributed by atoms with van der Waals surface area (Å²) in [6.07, 6.45) is 0.267. The lowest BCUT2D eigenvalue weighted by atomic mass is 10.1. The Morgan fingerprint density at radius 1 is 0.804 bits per heavy atom. The third-order valence-corrected chi connectivity index (χ3v) is 11.9. The highest BCUT2D eigenvalue weighted by molar-refractivity contribution is 7.86. The highest BCUT2D eigenvalue weighted by atomic mass is 35.5. The molecule has 0 amide bonds. The highest BCUT2D eigenvalue weighted by Crippen LogP contribution is 2.45. The molecule has 0 aliphatic rings. The second-order valence-electron chi connectivity index (χ2n) is 11.0. The summed E-state index contributed by atoms with van der Waals surface area (Å²) < 4.78 is 139. The third-order valence-electron chi connectivity index (χ3n) is 7.34. The van der Waals surface area contributed by atoms with Crippen LogP contribution in [0.2, 0.25) is 5.28 Å². The first kappa shape index (κ1) is 42.6. The number of phenols is 1. The lowest BCUT2D eigenvalue weighted by molar-refractivity contribution is 0.285. The molecular formula is C29H27ClN7O14PS4. The Hall–Kier alpha value is -4.53. The van der Waals surface area contributed by atoms with Crippen LogP contribution in [0.5, 0.6) is 5.75 Å². The summed E-state index contributed by atoms with van der Waals surface area (Å²) in [5.41, 5.74) is -1.38. The Labute approximate surface area is 325 Å². The van der Waals surface area contributed by atoms with Crippen molar-refractivity contribution in [2.45, 2.75) is 21.6 Å². The Balaban J connectivity index is 1.57. The van der Waals surface area contributed by atoms with Gasteiger partial charge in [0.05, 0.1) is 12.3 Å². The number of nitrogens with zero attached hydrogens (tertiary/aromatic N) is 6. The van der Waals surface area contributed by atoms with Crippen LogP contribution in [0.1, 0.15) is 6.92 Å². The molecule has 1 unspecified atom stereocenters. The van der Waals surface area contributed by atoms with E-state index in [0.29, 0.717) is 11.8 Å². The van der Waals surface area contributed by atoms with Gasteiger partial charge in [0.2, 0.25) is 17.2 Å². The van der Waals surface area contributed by atoms with Gasteiger partial charge in [-0.1, -0.05) is 32.8 Å². The Kier molecular flexibility index (Phi) is 12.6.